The van der Waals surface area contributed by atoms with Crippen LogP contribution in [-0.2, 0) is 16.6 Å². The largest absolute Gasteiger partial charge is 0.316 e. The van der Waals surface area contributed by atoms with Gasteiger partial charge in [-0.05, 0) is 61.5 Å². The molecular weight excluding hydrogens is 308 g/mol. The summed E-state index contributed by atoms with van der Waals surface area (Å²) in [6.45, 7) is 2.58. The van der Waals surface area contributed by atoms with Crippen LogP contribution in [0.15, 0.2) is 47.4 Å². The molecule has 6 heteroatoms. The number of anilines is 1. The molecule has 2 aromatic rings. The predicted molar refractivity (Wildman–Crippen MR) is 86.2 cm³/mol. The number of benzene rings is 2. The highest BCUT2D eigenvalue weighted by Crippen LogP contribution is 2.20. The van der Waals surface area contributed by atoms with Gasteiger partial charge < -0.3 is 5.32 Å². The van der Waals surface area contributed by atoms with E-state index in [1.807, 2.05) is 20.0 Å². The Morgan fingerprint density at radius 3 is 2.38 bits per heavy atom. The number of hydrogen-bond acceptors (Lipinski definition) is 3. The van der Waals surface area contributed by atoms with Gasteiger partial charge in [-0.25, -0.2) is 8.42 Å². The summed E-state index contributed by atoms with van der Waals surface area (Å²) in [5.41, 5.74) is 2.49. The van der Waals surface area contributed by atoms with E-state index < -0.39 is 10.0 Å². The second-order valence-electron chi connectivity index (χ2n) is 4.73. The average Bonchev–Trinajstić information content (AvgIpc) is 2.43. The van der Waals surface area contributed by atoms with Crippen LogP contribution in [0.3, 0.4) is 0 Å². The van der Waals surface area contributed by atoms with Crippen LogP contribution in [0, 0.1) is 6.92 Å². The number of rotatable bonds is 5. The van der Waals surface area contributed by atoms with Gasteiger partial charge in [0.1, 0.15) is 0 Å². The summed E-state index contributed by atoms with van der Waals surface area (Å²) in [7, 11) is -1.78. The van der Waals surface area contributed by atoms with Crippen LogP contribution >= 0.6 is 11.6 Å². The number of nitrogens with one attached hydrogen (secondary N) is 2. The van der Waals surface area contributed by atoms with Gasteiger partial charge in [0.2, 0.25) is 0 Å². The van der Waals surface area contributed by atoms with Gasteiger partial charge in [-0.15, -0.1) is 0 Å². The zero-order valence-electron chi connectivity index (χ0n) is 11.9. The Morgan fingerprint density at radius 2 is 1.76 bits per heavy atom. The lowest BCUT2D eigenvalue weighted by molar-refractivity contribution is 0.601. The van der Waals surface area contributed by atoms with Crippen molar-refractivity contribution >= 4 is 27.3 Å². The highest BCUT2D eigenvalue weighted by atomic mass is 35.5. The van der Waals surface area contributed by atoms with E-state index in [2.05, 4.69) is 10.0 Å². The lowest BCUT2D eigenvalue weighted by Crippen LogP contribution is -2.14. The van der Waals surface area contributed by atoms with E-state index in [0.29, 0.717) is 17.3 Å². The third kappa shape index (κ3) is 3.97. The fourth-order valence-corrected chi connectivity index (χ4v) is 3.16. The first-order chi connectivity index (χ1) is 9.92. The van der Waals surface area contributed by atoms with Crippen LogP contribution in [0.2, 0.25) is 5.02 Å². The summed E-state index contributed by atoms with van der Waals surface area (Å²) in [4.78, 5) is 0.244. The zero-order chi connectivity index (χ0) is 15.5. The Kier molecular flexibility index (Phi) is 4.88. The molecule has 0 heterocycles. The van der Waals surface area contributed by atoms with Gasteiger partial charge in [0, 0.05) is 17.3 Å². The van der Waals surface area contributed by atoms with Gasteiger partial charge in [-0.3, -0.25) is 4.72 Å². The predicted octanol–water partition coefficient (Wildman–Crippen LogP) is 3.17. The van der Waals surface area contributed by atoms with Crippen LogP contribution < -0.4 is 10.0 Å². The number of hydrogen-bond donors (Lipinski definition) is 2. The van der Waals surface area contributed by atoms with Gasteiger partial charge in [-0.2, -0.15) is 0 Å². The first-order valence-corrected chi connectivity index (χ1v) is 8.31. The van der Waals surface area contributed by atoms with E-state index in [1.165, 1.54) is 0 Å². The fourth-order valence-electron chi connectivity index (χ4n) is 1.93. The third-order valence-corrected chi connectivity index (χ3v) is 4.73. The Morgan fingerprint density at radius 1 is 1.10 bits per heavy atom. The van der Waals surface area contributed by atoms with Gasteiger partial charge in [-0.1, -0.05) is 17.7 Å². The van der Waals surface area contributed by atoms with E-state index in [4.69, 9.17) is 11.6 Å². The minimum atomic E-state index is -3.60. The number of sulfonamides is 1. The van der Waals surface area contributed by atoms with Gasteiger partial charge in [0.05, 0.1) is 4.90 Å². The van der Waals surface area contributed by atoms with Crippen molar-refractivity contribution in [1.29, 1.82) is 0 Å². The standard InChI is InChI=1S/C15H17ClN2O2S/c1-11-3-8-15(9-12(11)10-17-2)21(19,20)18-14-6-4-13(16)5-7-14/h3-9,17-18H,10H2,1-2H3. The SMILES string of the molecule is CNCc1cc(S(=O)(=O)Nc2ccc(Cl)cc2)ccc1C. The molecule has 0 bridgehead atoms. The highest BCUT2D eigenvalue weighted by molar-refractivity contribution is 7.92. The minimum absolute atomic E-state index is 0.244. The number of halogens is 1. The molecule has 0 aliphatic rings. The quantitative estimate of drug-likeness (QED) is 0.888. The molecule has 0 saturated heterocycles. The van der Waals surface area contributed by atoms with Crippen molar-refractivity contribution in [2.24, 2.45) is 0 Å². The summed E-state index contributed by atoms with van der Waals surface area (Å²) < 4.78 is 27.3. The molecule has 4 nitrogen and oxygen atoms in total. The lowest BCUT2D eigenvalue weighted by Gasteiger charge is -2.11. The highest BCUT2D eigenvalue weighted by Gasteiger charge is 2.15. The smallest absolute Gasteiger partial charge is 0.261 e. The van der Waals surface area contributed by atoms with Crippen molar-refractivity contribution in [3.63, 3.8) is 0 Å². The summed E-state index contributed by atoms with van der Waals surface area (Å²) in [6, 6.07) is 11.6. The Hall–Kier alpha value is -1.56. The molecule has 0 aliphatic carbocycles. The molecule has 2 rings (SSSR count). The number of aryl methyl sites for hydroxylation is 1. The zero-order valence-corrected chi connectivity index (χ0v) is 13.4. The van der Waals surface area contributed by atoms with Crippen LogP contribution in [0.1, 0.15) is 11.1 Å². The van der Waals surface area contributed by atoms with E-state index in [1.54, 1.807) is 36.4 Å². The minimum Gasteiger partial charge on any atom is -0.316 e. The van der Waals surface area contributed by atoms with Crippen molar-refractivity contribution < 1.29 is 8.42 Å². The Bertz CT molecular complexity index is 728. The van der Waals surface area contributed by atoms with Crippen molar-refractivity contribution in [1.82, 2.24) is 5.32 Å². The van der Waals surface area contributed by atoms with Crippen LogP contribution in [-0.4, -0.2) is 15.5 Å². The molecule has 0 amide bonds. The first-order valence-electron chi connectivity index (χ1n) is 6.45. The average molecular weight is 325 g/mol. The van der Waals surface area contributed by atoms with Crippen molar-refractivity contribution in [3.8, 4) is 0 Å². The summed E-state index contributed by atoms with van der Waals surface area (Å²) in [5, 5.41) is 3.59. The summed E-state index contributed by atoms with van der Waals surface area (Å²) >= 11 is 5.79. The van der Waals surface area contributed by atoms with E-state index in [-0.39, 0.29) is 4.90 Å². The van der Waals surface area contributed by atoms with Crippen molar-refractivity contribution in [3.05, 3.63) is 58.6 Å². The normalized spacial score (nSPS) is 11.4. The molecule has 0 atom stereocenters. The fraction of sp³-hybridized carbons (Fsp3) is 0.200. The Balaban J connectivity index is 2.31. The van der Waals surface area contributed by atoms with Crippen molar-refractivity contribution in [2.75, 3.05) is 11.8 Å². The molecule has 2 N–H and O–H groups in total. The van der Waals surface area contributed by atoms with E-state index in [9.17, 15) is 8.42 Å². The van der Waals surface area contributed by atoms with E-state index >= 15 is 0 Å². The molecule has 0 spiro atoms. The lowest BCUT2D eigenvalue weighted by atomic mass is 10.1. The monoisotopic (exact) mass is 324 g/mol. The summed E-state index contributed by atoms with van der Waals surface area (Å²) in [5.74, 6) is 0. The second-order valence-corrected chi connectivity index (χ2v) is 6.85. The molecular formula is C15H17ClN2O2S. The van der Waals surface area contributed by atoms with Crippen LogP contribution in [0.4, 0.5) is 5.69 Å². The van der Waals surface area contributed by atoms with Gasteiger partial charge >= 0.3 is 0 Å². The molecule has 21 heavy (non-hydrogen) atoms. The molecule has 0 fully saturated rings. The molecule has 112 valence electrons. The molecule has 0 aliphatic heterocycles. The van der Waals surface area contributed by atoms with Crippen LogP contribution in [0.5, 0.6) is 0 Å². The second kappa shape index (κ2) is 6.47. The maximum atomic E-state index is 12.4. The van der Waals surface area contributed by atoms with Crippen molar-refractivity contribution in [2.45, 2.75) is 18.4 Å². The van der Waals surface area contributed by atoms with Gasteiger partial charge in [0.25, 0.3) is 10.0 Å². The van der Waals surface area contributed by atoms with E-state index in [0.717, 1.165) is 11.1 Å². The maximum Gasteiger partial charge on any atom is 0.261 e. The topological polar surface area (TPSA) is 58.2 Å². The molecule has 2 aromatic carbocycles. The third-order valence-electron chi connectivity index (χ3n) is 3.09. The molecule has 0 unspecified atom stereocenters. The first kappa shape index (κ1) is 15.8. The molecule has 0 saturated carbocycles. The maximum absolute atomic E-state index is 12.4. The molecule has 0 radical (unpaired) electrons. The summed E-state index contributed by atoms with van der Waals surface area (Å²) in [6.07, 6.45) is 0. The van der Waals surface area contributed by atoms with Crippen LogP contribution in [0.25, 0.3) is 0 Å². The van der Waals surface area contributed by atoms with Gasteiger partial charge in [0.15, 0.2) is 0 Å². The molecule has 0 aromatic heterocycles. The Labute approximate surface area is 130 Å².